The van der Waals surface area contributed by atoms with E-state index in [9.17, 15) is 4.79 Å². The molecule has 25 heavy (non-hydrogen) atoms. The van der Waals surface area contributed by atoms with Crippen LogP contribution in [0.1, 0.15) is 5.82 Å². The van der Waals surface area contributed by atoms with Crippen LogP contribution in [0.25, 0.3) is 11.5 Å². The Morgan fingerprint density at radius 1 is 1.12 bits per heavy atom. The smallest absolute Gasteiger partial charge is 0.260 e. The molecule has 0 spiro atoms. The zero-order valence-electron chi connectivity index (χ0n) is 13.6. The van der Waals surface area contributed by atoms with Gasteiger partial charge in [-0.05, 0) is 24.3 Å². The predicted molar refractivity (Wildman–Crippen MR) is 91.0 cm³/mol. The normalized spacial score (nSPS) is 10.4. The molecule has 0 aliphatic carbocycles. The summed E-state index contributed by atoms with van der Waals surface area (Å²) in [5.74, 6) is 1.18. The van der Waals surface area contributed by atoms with Gasteiger partial charge in [0, 0.05) is 7.11 Å². The van der Waals surface area contributed by atoms with Crippen molar-refractivity contribution in [1.82, 2.24) is 10.1 Å². The van der Waals surface area contributed by atoms with Crippen molar-refractivity contribution >= 4 is 11.6 Å². The molecule has 0 fully saturated rings. The highest BCUT2D eigenvalue weighted by molar-refractivity contribution is 5.95. The summed E-state index contributed by atoms with van der Waals surface area (Å²) in [5.41, 5.74) is 1.20. The molecule has 0 saturated heterocycles. The van der Waals surface area contributed by atoms with E-state index >= 15 is 0 Å². The number of amides is 1. The van der Waals surface area contributed by atoms with Crippen LogP contribution in [0, 0.1) is 0 Å². The minimum Gasteiger partial charge on any atom is -0.485 e. The Morgan fingerprint density at radius 2 is 1.88 bits per heavy atom. The van der Waals surface area contributed by atoms with Gasteiger partial charge in [0.05, 0.1) is 11.3 Å². The fraction of sp³-hybridized carbons (Fsp3) is 0.167. The number of carbonyl (C=O) groups excluding carboxylic acids is 1. The van der Waals surface area contributed by atoms with Gasteiger partial charge >= 0.3 is 0 Å². The number of rotatable bonds is 7. The quantitative estimate of drug-likeness (QED) is 0.712. The maximum Gasteiger partial charge on any atom is 0.260 e. The van der Waals surface area contributed by atoms with E-state index in [4.69, 9.17) is 14.0 Å². The zero-order chi connectivity index (χ0) is 17.5. The minimum atomic E-state index is -0.262. The van der Waals surface area contributed by atoms with E-state index in [1.807, 2.05) is 42.5 Å². The number of anilines is 1. The molecule has 0 atom stereocenters. The molecule has 7 nitrogen and oxygen atoms in total. The summed E-state index contributed by atoms with van der Waals surface area (Å²) in [5, 5.41) is 6.67. The Morgan fingerprint density at radius 3 is 2.68 bits per heavy atom. The summed E-state index contributed by atoms with van der Waals surface area (Å²) in [4.78, 5) is 16.1. The van der Waals surface area contributed by atoms with Gasteiger partial charge in [0.15, 0.2) is 6.61 Å². The number of methoxy groups -OCH3 is 1. The second-order valence-corrected chi connectivity index (χ2v) is 5.14. The molecule has 3 aromatic rings. The summed E-state index contributed by atoms with van der Waals surface area (Å²) in [7, 11) is 1.46. The first-order chi connectivity index (χ1) is 12.3. The Bertz CT molecular complexity index is 833. The zero-order valence-corrected chi connectivity index (χ0v) is 13.6. The van der Waals surface area contributed by atoms with Crippen molar-refractivity contribution in [3.63, 3.8) is 0 Å². The number of nitrogens with one attached hydrogen (secondary N) is 1. The number of nitrogens with zero attached hydrogens (tertiary/aromatic N) is 2. The third-order valence-electron chi connectivity index (χ3n) is 3.29. The van der Waals surface area contributed by atoms with Crippen LogP contribution in [0.4, 0.5) is 5.69 Å². The number of aromatic nitrogens is 2. The Balaban J connectivity index is 1.72. The van der Waals surface area contributed by atoms with Crippen molar-refractivity contribution in [2.75, 3.05) is 19.0 Å². The maximum atomic E-state index is 11.7. The highest BCUT2D eigenvalue weighted by Crippen LogP contribution is 2.26. The van der Waals surface area contributed by atoms with Crippen molar-refractivity contribution in [1.29, 1.82) is 0 Å². The molecule has 1 N–H and O–H groups in total. The molecule has 128 valence electrons. The first-order valence-corrected chi connectivity index (χ1v) is 7.65. The third kappa shape index (κ3) is 4.42. The van der Waals surface area contributed by atoms with Gasteiger partial charge < -0.3 is 19.3 Å². The average molecular weight is 339 g/mol. The molecule has 1 heterocycles. The van der Waals surface area contributed by atoms with Crippen LogP contribution >= 0.6 is 0 Å². The van der Waals surface area contributed by atoms with E-state index < -0.39 is 0 Å². The lowest BCUT2D eigenvalue weighted by Crippen LogP contribution is -2.17. The van der Waals surface area contributed by atoms with Gasteiger partial charge in [0.1, 0.15) is 12.4 Å². The number of hydrogen-bond donors (Lipinski definition) is 1. The van der Waals surface area contributed by atoms with Crippen LogP contribution in [0.2, 0.25) is 0 Å². The number of hydrogen-bond acceptors (Lipinski definition) is 6. The Hall–Kier alpha value is -3.19. The first-order valence-electron chi connectivity index (χ1n) is 7.65. The molecule has 1 aromatic heterocycles. The van der Waals surface area contributed by atoms with Gasteiger partial charge in [-0.15, -0.1) is 0 Å². The van der Waals surface area contributed by atoms with Crippen molar-refractivity contribution < 1.29 is 18.8 Å². The molecule has 7 heteroatoms. The summed E-state index contributed by atoms with van der Waals surface area (Å²) in [6.45, 7) is 0.153. The Labute approximate surface area is 144 Å². The minimum absolute atomic E-state index is 0.0334. The van der Waals surface area contributed by atoms with Gasteiger partial charge in [-0.2, -0.15) is 4.98 Å². The van der Waals surface area contributed by atoms with E-state index in [0.717, 1.165) is 5.75 Å². The molecule has 0 saturated carbocycles. The largest absolute Gasteiger partial charge is 0.485 e. The molecule has 0 unspecified atom stereocenters. The summed E-state index contributed by atoms with van der Waals surface area (Å²) >= 11 is 0. The van der Waals surface area contributed by atoms with Crippen LogP contribution < -0.4 is 10.1 Å². The van der Waals surface area contributed by atoms with Crippen LogP contribution in [0.15, 0.2) is 59.1 Å². The Kier molecular flexibility index (Phi) is 5.38. The molecule has 1 amide bonds. The molecule has 0 radical (unpaired) electrons. The lowest BCUT2D eigenvalue weighted by molar-refractivity contribution is -0.119. The van der Waals surface area contributed by atoms with Crippen molar-refractivity contribution in [2.45, 2.75) is 6.61 Å². The number of para-hydroxylation sites is 2. The third-order valence-corrected chi connectivity index (χ3v) is 3.29. The van der Waals surface area contributed by atoms with Crippen LogP contribution in [-0.4, -0.2) is 29.8 Å². The van der Waals surface area contributed by atoms with Crippen LogP contribution in [-0.2, 0) is 16.1 Å². The topological polar surface area (TPSA) is 86.5 Å². The van der Waals surface area contributed by atoms with Crippen LogP contribution in [0.5, 0.6) is 5.75 Å². The summed E-state index contributed by atoms with van der Waals surface area (Å²) in [6, 6.07) is 16.6. The molecule has 0 aliphatic heterocycles. The van der Waals surface area contributed by atoms with Gasteiger partial charge in [0.2, 0.25) is 11.7 Å². The number of ether oxygens (including phenoxy) is 2. The van der Waals surface area contributed by atoms with Crippen LogP contribution in [0.3, 0.4) is 0 Å². The van der Waals surface area contributed by atoms with Gasteiger partial charge in [-0.1, -0.05) is 35.5 Å². The van der Waals surface area contributed by atoms with E-state index in [1.54, 1.807) is 12.1 Å². The van der Waals surface area contributed by atoms with Crippen molar-refractivity contribution in [3.05, 3.63) is 60.4 Å². The second kappa shape index (κ2) is 8.07. The SMILES string of the molecule is COCC(=O)Nc1ccccc1-c1nc(COc2ccccc2)no1. The van der Waals surface area contributed by atoms with Gasteiger partial charge in [-0.3, -0.25) is 4.79 Å². The van der Waals surface area contributed by atoms with Gasteiger partial charge in [0.25, 0.3) is 5.89 Å². The lowest BCUT2D eigenvalue weighted by Gasteiger charge is -2.07. The predicted octanol–water partition coefficient (Wildman–Crippen LogP) is 2.90. The van der Waals surface area contributed by atoms with Gasteiger partial charge in [-0.25, -0.2) is 0 Å². The highest BCUT2D eigenvalue weighted by atomic mass is 16.5. The first kappa shape index (κ1) is 16.7. The molecular formula is C18H17N3O4. The van der Waals surface area contributed by atoms with E-state index in [2.05, 4.69) is 15.5 Å². The fourth-order valence-corrected chi connectivity index (χ4v) is 2.18. The van der Waals surface area contributed by atoms with E-state index in [-0.39, 0.29) is 19.1 Å². The standard InChI is InChI=1S/C18H17N3O4/c1-23-12-17(22)19-15-10-6-5-9-14(15)18-20-16(21-25-18)11-24-13-7-3-2-4-8-13/h2-10H,11-12H2,1H3,(H,19,22). The summed E-state index contributed by atoms with van der Waals surface area (Å²) < 4.78 is 15.7. The average Bonchev–Trinajstić information content (AvgIpc) is 3.10. The maximum absolute atomic E-state index is 11.7. The molecule has 2 aromatic carbocycles. The monoisotopic (exact) mass is 339 g/mol. The number of benzene rings is 2. The van der Waals surface area contributed by atoms with E-state index in [1.165, 1.54) is 7.11 Å². The van der Waals surface area contributed by atoms with Crippen molar-refractivity contribution in [2.24, 2.45) is 0 Å². The number of carbonyl (C=O) groups is 1. The molecule has 3 rings (SSSR count). The molecule has 0 aliphatic rings. The fourth-order valence-electron chi connectivity index (χ4n) is 2.18. The highest BCUT2D eigenvalue weighted by Gasteiger charge is 2.14. The summed E-state index contributed by atoms with van der Waals surface area (Å²) in [6.07, 6.45) is 0. The van der Waals surface area contributed by atoms with Crippen molar-refractivity contribution in [3.8, 4) is 17.2 Å². The second-order valence-electron chi connectivity index (χ2n) is 5.14. The lowest BCUT2D eigenvalue weighted by atomic mass is 10.1. The molecular weight excluding hydrogens is 322 g/mol. The molecule has 0 bridgehead atoms. The van der Waals surface area contributed by atoms with E-state index in [0.29, 0.717) is 23.0 Å².